The summed E-state index contributed by atoms with van der Waals surface area (Å²) in [6.07, 6.45) is 0. The quantitative estimate of drug-likeness (QED) is 0.249. The number of carbonyl (C=O) groups excluding carboxylic acids is 3. The van der Waals surface area contributed by atoms with E-state index in [1.807, 2.05) is 0 Å². The van der Waals surface area contributed by atoms with Crippen molar-refractivity contribution in [2.75, 3.05) is 30.1 Å². The zero-order valence-corrected chi connectivity index (χ0v) is 20.0. The molecular formula is C21H19ClN4O5S2. The van der Waals surface area contributed by atoms with Crippen LogP contribution in [-0.2, 0) is 9.53 Å². The lowest BCUT2D eigenvalue weighted by molar-refractivity contribution is -0.113. The Morgan fingerprint density at radius 1 is 1.09 bits per heavy atom. The smallest absolute Gasteiger partial charge is 0.340 e. The Morgan fingerprint density at radius 3 is 2.64 bits per heavy atom. The Balaban J connectivity index is 1.58. The molecule has 0 radical (unpaired) electrons. The molecule has 0 aliphatic carbocycles. The fourth-order valence-corrected chi connectivity index (χ4v) is 4.35. The normalized spacial score (nSPS) is 10.4. The molecule has 0 spiro atoms. The number of hydrogen-bond donors (Lipinski definition) is 2. The lowest BCUT2D eigenvalue weighted by atomic mass is 10.2. The average molecular weight is 507 g/mol. The van der Waals surface area contributed by atoms with Crippen LogP contribution < -0.4 is 15.4 Å². The highest BCUT2D eigenvalue weighted by molar-refractivity contribution is 8.01. The third kappa shape index (κ3) is 6.67. The number of nitrogens with one attached hydrogen (secondary N) is 2. The molecule has 3 aromatic rings. The molecule has 0 atom stereocenters. The number of anilines is 2. The number of methoxy groups -OCH3 is 1. The van der Waals surface area contributed by atoms with E-state index in [1.54, 1.807) is 43.3 Å². The van der Waals surface area contributed by atoms with Gasteiger partial charge in [0.2, 0.25) is 11.0 Å². The molecule has 0 aliphatic rings. The average Bonchev–Trinajstić information content (AvgIpc) is 3.25. The summed E-state index contributed by atoms with van der Waals surface area (Å²) in [5, 5.41) is 13.9. The molecule has 2 aromatic carbocycles. The van der Waals surface area contributed by atoms with Crippen LogP contribution in [0.25, 0.3) is 0 Å². The number of hydrogen-bond acceptors (Lipinski definition) is 9. The molecule has 0 fully saturated rings. The first-order valence-corrected chi connectivity index (χ1v) is 11.8. The second kappa shape index (κ2) is 11.6. The van der Waals surface area contributed by atoms with Crippen LogP contribution in [0.1, 0.15) is 27.6 Å². The summed E-state index contributed by atoms with van der Waals surface area (Å²) >= 11 is 8.23. The number of nitrogens with zero attached hydrogens (tertiary/aromatic N) is 2. The lowest BCUT2D eigenvalue weighted by Crippen LogP contribution is -2.17. The maximum Gasteiger partial charge on any atom is 0.340 e. The number of ether oxygens (including phenoxy) is 2. The number of thioether (sulfide) groups is 1. The SMILES string of the molecule is CCOC(=O)c1ccccc1NC(=O)CSc1nnc(NC(=O)c2cc(Cl)ccc2OC)s1. The van der Waals surface area contributed by atoms with Crippen LogP contribution in [-0.4, -0.2) is 47.5 Å². The van der Waals surface area contributed by atoms with Gasteiger partial charge in [-0.1, -0.05) is 46.8 Å². The van der Waals surface area contributed by atoms with Crippen molar-refractivity contribution in [3.05, 3.63) is 58.6 Å². The van der Waals surface area contributed by atoms with Gasteiger partial charge in [-0.3, -0.25) is 14.9 Å². The molecule has 0 unspecified atom stereocenters. The maximum absolute atomic E-state index is 12.5. The fraction of sp³-hybridized carbons (Fsp3) is 0.190. The van der Waals surface area contributed by atoms with Crippen molar-refractivity contribution in [3.8, 4) is 5.75 Å². The van der Waals surface area contributed by atoms with E-state index in [2.05, 4.69) is 20.8 Å². The van der Waals surface area contributed by atoms with Gasteiger partial charge in [0.05, 0.1) is 36.3 Å². The molecule has 2 N–H and O–H groups in total. The van der Waals surface area contributed by atoms with E-state index in [4.69, 9.17) is 21.1 Å². The third-order valence-corrected chi connectivity index (χ3v) is 6.26. The van der Waals surface area contributed by atoms with E-state index in [0.717, 1.165) is 23.1 Å². The maximum atomic E-state index is 12.5. The molecule has 9 nitrogen and oxygen atoms in total. The molecule has 33 heavy (non-hydrogen) atoms. The standard InChI is InChI=1S/C21H19ClN4O5S2/c1-3-31-19(29)13-6-4-5-7-15(13)23-17(27)11-32-21-26-25-20(33-21)24-18(28)14-10-12(22)8-9-16(14)30-2/h4-10H,3,11H2,1-2H3,(H,23,27)(H,24,25,28). The van der Waals surface area contributed by atoms with Crippen LogP contribution in [0.5, 0.6) is 5.75 Å². The highest BCUT2D eigenvalue weighted by Crippen LogP contribution is 2.28. The number of halogens is 1. The molecule has 0 aliphatic heterocycles. The van der Waals surface area contributed by atoms with Gasteiger partial charge in [-0.15, -0.1) is 10.2 Å². The van der Waals surface area contributed by atoms with Crippen LogP contribution in [0, 0.1) is 0 Å². The van der Waals surface area contributed by atoms with Crippen LogP contribution in [0.4, 0.5) is 10.8 Å². The number of para-hydroxylation sites is 1. The fourth-order valence-electron chi connectivity index (χ4n) is 2.63. The molecule has 12 heteroatoms. The molecule has 1 aromatic heterocycles. The summed E-state index contributed by atoms with van der Waals surface area (Å²) in [5.74, 6) is -0.892. The Morgan fingerprint density at radius 2 is 1.88 bits per heavy atom. The highest BCUT2D eigenvalue weighted by Gasteiger charge is 2.17. The van der Waals surface area contributed by atoms with E-state index in [-0.39, 0.29) is 34.5 Å². The Bertz CT molecular complexity index is 1170. The van der Waals surface area contributed by atoms with E-state index in [9.17, 15) is 14.4 Å². The Hall–Kier alpha value is -3.15. The molecular weight excluding hydrogens is 488 g/mol. The van der Waals surface area contributed by atoms with E-state index < -0.39 is 11.9 Å². The van der Waals surface area contributed by atoms with Crippen molar-refractivity contribution in [2.45, 2.75) is 11.3 Å². The van der Waals surface area contributed by atoms with Gasteiger partial charge in [-0.05, 0) is 37.3 Å². The second-order valence-corrected chi connectivity index (χ2v) is 8.91. The third-order valence-electron chi connectivity index (χ3n) is 4.06. The van der Waals surface area contributed by atoms with E-state index in [0.29, 0.717) is 20.8 Å². The van der Waals surface area contributed by atoms with Gasteiger partial charge in [-0.2, -0.15) is 0 Å². The van der Waals surface area contributed by atoms with E-state index in [1.165, 1.54) is 13.2 Å². The number of amides is 2. The summed E-state index contributed by atoms with van der Waals surface area (Å²) in [4.78, 5) is 36.9. The van der Waals surface area contributed by atoms with Gasteiger partial charge in [0.15, 0.2) is 4.34 Å². The zero-order valence-electron chi connectivity index (χ0n) is 17.6. The van der Waals surface area contributed by atoms with Crippen molar-refractivity contribution in [2.24, 2.45) is 0 Å². The molecule has 1 heterocycles. The van der Waals surface area contributed by atoms with Crippen molar-refractivity contribution >= 4 is 63.3 Å². The Labute approximate surface area is 202 Å². The predicted molar refractivity (Wildman–Crippen MR) is 128 cm³/mol. The number of carbonyl (C=O) groups is 3. The van der Waals surface area contributed by atoms with Crippen LogP contribution in [0.3, 0.4) is 0 Å². The number of benzene rings is 2. The van der Waals surface area contributed by atoms with Gasteiger partial charge >= 0.3 is 5.97 Å². The van der Waals surface area contributed by atoms with Gasteiger partial charge in [0.25, 0.3) is 5.91 Å². The first kappa shape index (κ1) is 24.5. The summed E-state index contributed by atoms with van der Waals surface area (Å²) in [6.45, 7) is 1.94. The minimum absolute atomic E-state index is 0.0296. The minimum Gasteiger partial charge on any atom is -0.496 e. The minimum atomic E-state index is -0.512. The first-order valence-electron chi connectivity index (χ1n) is 9.58. The highest BCUT2D eigenvalue weighted by atomic mass is 35.5. The van der Waals surface area contributed by atoms with Gasteiger partial charge < -0.3 is 14.8 Å². The van der Waals surface area contributed by atoms with Crippen LogP contribution in [0.15, 0.2) is 46.8 Å². The summed E-state index contributed by atoms with van der Waals surface area (Å²) < 4.78 is 10.7. The molecule has 0 bridgehead atoms. The molecule has 0 saturated heterocycles. The van der Waals surface area contributed by atoms with Gasteiger partial charge in [0.1, 0.15) is 5.75 Å². The van der Waals surface area contributed by atoms with Crippen molar-refractivity contribution in [3.63, 3.8) is 0 Å². The monoisotopic (exact) mass is 506 g/mol. The first-order chi connectivity index (χ1) is 15.9. The number of rotatable bonds is 9. The molecule has 172 valence electrons. The second-order valence-electron chi connectivity index (χ2n) is 6.27. The molecule has 2 amide bonds. The molecule has 3 rings (SSSR count). The van der Waals surface area contributed by atoms with E-state index >= 15 is 0 Å². The van der Waals surface area contributed by atoms with Gasteiger partial charge in [-0.25, -0.2) is 4.79 Å². The van der Waals surface area contributed by atoms with Gasteiger partial charge in [0, 0.05) is 5.02 Å². The van der Waals surface area contributed by atoms with Crippen molar-refractivity contribution < 1.29 is 23.9 Å². The van der Waals surface area contributed by atoms with Crippen molar-refractivity contribution in [1.82, 2.24) is 10.2 Å². The summed E-state index contributed by atoms with van der Waals surface area (Å²) in [7, 11) is 1.45. The van der Waals surface area contributed by atoms with Crippen LogP contribution in [0.2, 0.25) is 5.02 Å². The lowest BCUT2D eigenvalue weighted by Gasteiger charge is -2.09. The zero-order chi connectivity index (χ0) is 23.8. The predicted octanol–water partition coefficient (Wildman–Crippen LogP) is 4.36. The number of aromatic nitrogens is 2. The van der Waals surface area contributed by atoms with Crippen LogP contribution >= 0.6 is 34.7 Å². The Kier molecular flexibility index (Phi) is 8.64. The van der Waals surface area contributed by atoms with Crippen molar-refractivity contribution in [1.29, 1.82) is 0 Å². The topological polar surface area (TPSA) is 120 Å². The molecule has 0 saturated carbocycles. The summed E-state index contributed by atoms with van der Waals surface area (Å²) in [6, 6.07) is 11.3. The largest absolute Gasteiger partial charge is 0.496 e. The summed E-state index contributed by atoms with van der Waals surface area (Å²) in [5.41, 5.74) is 0.895. The number of esters is 1.